The molecule has 5 nitrogen and oxygen atoms in total. The summed E-state index contributed by atoms with van der Waals surface area (Å²) < 4.78 is 29.7. The van der Waals surface area contributed by atoms with Crippen LogP contribution in [-0.2, 0) is 29.0 Å². The van der Waals surface area contributed by atoms with Gasteiger partial charge in [0, 0.05) is 35.3 Å². The number of halogens is 2. The number of carbonyl (C=O) groups excluding carboxylic acids is 2. The molecule has 0 saturated heterocycles. The number of primary amides is 1. The van der Waals surface area contributed by atoms with E-state index >= 15 is 4.39 Å². The molecule has 0 unspecified atom stereocenters. The number of H-pyrrole nitrogens is 1. The summed E-state index contributed by atoms with van der Waals surface area (Å²) in [6, 6.07) is 13.1. The highest BCUT2D eigenvalue weighted by atomic mass is 19.1. The molecule has 36 heavy (non-hydrogen) atoms. The molecule has 0 saturated carbocycles. The molecule has 0 aliphatic carbocycles. The Morgan fingerprint density at radius 1 is 1.14 bits per heavy atom. The number of nitrogens with one attached hydrogen (secondary N) is 1. The van der Waals surface area contributed by atoms with Gasteiger partial charge in [0.25, 0.3) is 0 Å². The summed E-state index contributed by atoms with van der Waals surface area (Å²) in [7, 11) is 0. The van der Waals surface area contributed by atoms with Crippen molar-refractivity contribution in [1.82, 2.24) is 9.88 Å². The molecule has 0 spiro atoms. The highest BCUT2D eigenvalue weighted by Crippen LogP contribution is 2.44. The second-order valence-corrected chi connectivity index (χ2v) is 9.07. The fourth-order valence-electron chi connectivity index (χ4n) is 5.26. The summed E-state index contributed by atoms with van der Waals surface area (Å²) in [5, 5.41) is 0.619. The zero-order valence-corrected chi connectivity index (χ0v) is 19.8. The highest BCUT2D eigenvalue weighted by molar-refractivity contribution is 6.09. The summed E-state index contributed by atoms with van der Waals surface area (Å²) in [5.74, 6) is -1.55. The number of nitrogens with two attached hydrogens (primary N) is 1. The average Bonchev–Trinajstić information content (AvgIpc) is 3.20. The molecule has 1 aliphatic rings. The highest BCUT2D eigenvalue weighted by Gasteiger charge is 2.27. The van der Waals surface area contributed by atoms with E-state index in [0.717, 1.165) is 33.5 Å². The van der Waals surface area contributed by atoms with Crippen molar-refractivity contribution in [3.63, 3.8) is 0 Å². The number of amides is 2. The number of nitrogens with zero attached hydrogens (tertiary/aromatic N) is 1. The Hall–Kier alpha value is -4.26. The Bertz CT molecular complexity index is 1540. The number of aromatic amines is 1. The Kier molecular flexibility index (Phi) is 5.92. The minimum absolute atomic E-state index is 0.123. The lowest BCUT2D eigenvalue weighted by Crippen LogP contribution is -2.34. The van der Waals surface area contributed by atoms with Gasteiger partial charge in [-0.25, -0.2) is 8.78 Å². The number of hydrogen-bond donors (Lipinski definition) is 2. The van der Waals surface area contributed by atoms with Gasteiger partial charge in [-0.2, -0.15) is 0 Å². The van der Waals surface area contributed by atoms with E-state index < -0.39 is 11.7 Å². The van der Waals surface area contributed by atoms with E-state index in [1.165, 1.54) is 24.3 Å². The van der Waals surface area contributed by atoms with Crippen LogP contribution in [0.2, 0.25) is 0 Å². The van der Waals surface area contributed by atoms with E-state index in [2.05, 4.69) is 11.6 Å². The average molecular weight is 486 g/mol. The molecule has 3 N–H and O–H groups in total. The number of aromatic nitrogens is 1. The minimum atomic E-state index is -0.567. The van der Waals surface area contributed by atoms with Gasteiger partial charge in [-0.1, -0.05) is 36.9 Å². The summed E-state index contributed by atoms with van der Waals surface area (Å²) >= 11 is 0. The van der Waals surface area contributed by atoms with Gasteiger partial charge in [0.2, 0.25) is 11.8 Å². The van der Waals surface area contributed by atoms with Gasteiger partial charge in [0.05, 0.1) is 11.9 Å². The molecule has 0 radical (unpaired) electrons. The third kappa shape index (κ3) is 3.96. The first-order chi connectivity index (χ1) is 17.3. The monoisotopic (exact) mass is 485 g/mol. The topological polar surface area (TPSA) is 79.2 Å². The van der Waals surface area contributed by atoms with Crippen molar-refractivity contribution in [2.75, 3.05) is 6.54 Å². The molecule has 4 aromatic rings. The van der Waals surface area contributed by atoms with Crippen molar-refractivity contribution in [3.05, 3.63) is 95.2 Å². The molecule has 7 heteroatoms. The van der Waals surface area contributed by atoms with Gasteiger partial charge < -0.3 is 15.6 Å². The fourth-order valence-corrected chi connectivity index (χ4v) is 5.26. The SMILES string of the molecule is C=CC(=O)N1CCc2c(cccc2-c2c(F)cc(CC(N)=O)c3[nH]c(C)c(-c4ccc(F)cc4)c23)C1. The zero-order chi connectivity index (χ0) is 25.6. The molecule has 5 rings (SSSR count). The van der Waals surface area contributed by atoms with Gasteiger partial charge in [-0.15, -0.1) is 0 Å². The van der Waals surface area contributed by atoms with Gasteiger partial charge >= 0.3 is 0 Å². The van der Waals surface area contributed by atoms with E-state index in [1.54, 1.807) is 17.0 Å². The van der Waals surface area contributed by atoms with Gasteiger partial charge in [-0.05, 0) is 65.4 Å². The second kappa shape index (κ2) is 9.07. The summed E-state index contributed by atoms with van der Waals surface area (Å²) in [6.45, 7) is 6.35. The molecule has 0 bridgehead atoms. The van der Waals surface area contributed by atoms with Crippen molar-refractivity contribution in [3.8, 4) is 22.3 Å². The molecule has 0 atom stereocenters. The molecule has 1 aromatic heterocycles. The third-order valence-electron chi connectivity index (χ3n) is 6.82. The van der Waals surface area contributed by atoms with Crippen LogP contribution < -0.4 is 5.73 Å². The van der Waals surface area contributed by atoms with Crippen molar-refractivity contribution >= 4 is 22.7 Å². The summed E-state index contributed by atoms with van der Waals surface area (Å²) in [4.78, 5) is 29.0. The van der Waals surface area contributed by atoms with Crippen LogP contribution in [0.5, 0.6) is 0 Å². The first-order valence-electron chi connectivity index (χ1n) is 11.7. The van der Waals surface area contributed by atoms with Crippen LogP contribution >= 0.6 is 0 Å². The van der Waals surface area contributed by atoms with Crippen LogP contribution in [0.4, 0.5) is 8.78 Å². The molecular formula is C29H25F2N3O2. The maximum Gasteiger partial charge on any atom is 0.246 e. The van der Waals surface area contributed by atoms with Crippen molar-refractivity contribution in [2.45, 2.75) is 26.3 Å². The lowest BCUT2D eigenvalue weighted by atomic mass is 9.86. The third-order valence-corrected chi connectivity index (χ3v) is 6.82. The Balaban J connectivity index is 1.80. The fraction of sp³-hybridized carbons (Fsp3) is 0.172. The van der Waals surface area contributed by atoms with E-state index in [9.17, 15) is 14.0 Å². The van der Waals surface area contributed by atoms with Crippen LogP contribution in [0.1, 0.15) is 22.4 Å². The van der Waals surface area contributed by atoms with Gasteiger partial charge in [0.15, 0.2) is 0 Å². The van der Waals surface area contributed by atoms with Crippen molar-refractivity contribution < 1.29 is 18.4 Å². The Morgan fingerprint density at radius 2 is 1.89 bits per heavy atom. The Labute approximate surface area is 207 Å². The van der Waals surface area contributed by atoms with Gasteiger partial charge in [-0.3, -0.25) is 9.59 Å². The largest absolute Gasteiger partial charge is 0.369 e. The molecule has 0 fully saturated rings. The zero-order valence-electron chi connectivity index (χ0n) is 19.8. The van der Waals surface area contributed by atoms with E-state index in [1.807, 2.05) is 25.1 Å². The standard InChI is InChI=1S/C29H25F2N3O2/c1-3-25(36)34-12-11-21-18(15-34)5-4-6-22(21)27-23(31)13-19(14-24(32)35)29-28(27)26(16(2)33-29)17-7-9-20(30)10-8-17/h3-10,13,33H,1,11-12,14-15H2,2H3,(H2,32,35). The van der Waals surface area contributed by atoms with Crippen molar-refractivity contribution in [1.29, 1.82) is 0 Å². The first kappa shape index (κ1) is 23.5. The van der Waals surface area contributed by atoms with Gasteiger partial charge in [0.1, 0.15) is 11.6 Å². The lowest BCUT2D eigenvalue weighted by molar-refractivity contribution is -0.126. The van der Waals surface area contributed by atoms with Crippen LogP contribution in [0, 0.1) is 18.6 Å². The van der Waals surface area contributed by atoms with Crippen molar-refractivity contribution in [2.24, 2.45) is 5.73 Å². The van der Waals surface area contributed by atoms with E-state index in [4.69, 9.17) is 5.73 Å². The summed E-state index contributed by atoms with van der Waals surface area (Å²) in [6.07, 6.45) is 1.74. The first-order valence-corrected chi connectivity index (χ1v) is 11.7. The smallest absolute Gasteiger partial charge is 0.246 e. The van der Waals surface area contributed by atoms with Crippen LogP contribution in [-0.4, -0.2) is 28.2 Å². The predicted octanol–water partition coefficient (Wildman–Crippen LogP) is 5.19. The molecule has 2 amide bonds. The molecule has 1 aliphatic heterocycles. The van der Waals surface area contributed by atoms with Crippen LogP contribution in [0.25, 0.3) is 33.2 Å². The summed E-state index contributed by atoms with van der Waals surface area (Å²) in [5.41, 5.74) is 11.8. The van der Waals surface area contributed by atoms with Crippen LogP contribution in [0.15, 0.2) is 61.2 Å². The maximum atomic E-state index is 16.0. The number of aryl methyl sites for hydroxylation is 1. The number of benzene rings is 3. The number of hydrogen-bond acceptors (Lipinski definition) is 2. The second-order valence-electron chi connectivity index (χ2n) is 9.07. The number of carbonyl (C=O) groups is 2. The quantitative estimate of drug-likeness (QED) is 0.382. The Morgan fingerprint density at radius 3 is 2.58 bits per heavy atom. The van der Waals surface area contributed by atoms with E-state index in [0.29, 0.717) is 41.5 Å². The maximum absolute atomic E-state index is 16.0. The van der Waals surface area contributed by atoms with Crippen LogP contribution in [0.3, 0.4) is 0 Å². The predicted molar refractivity (Wildman–Crippen MR) is 136 cm³/mol. The lowest BCUT2D eigenvalue weighted by Gasteiger charge is -2.30. The molecule has 182 valence electrons. The number of fused-ring (bicyclic) bond motifs is 2. The molecular weight excluding hydrogens is 460 g/mol. The number of rotatable bonds is 5. The molecule has 2 heterocycles. The minimum Gasteiger partial charge on any atom is -0.369 e. The van der Waals surface area contributed by atoms with E-state index in [-0.39, 0.29) is 18.1 Å². The molecule has 3 aromatic carbocycles. The normalized spacial score (nSPS) is 13.0.